The molecule has 2 unspecified atom stereocenters. The Balaban J connectivity index is 1.35. The van der Waals surface area contributed by atoms with Crippen molar-refractivity contribution >= 4 is 17.8 Å². The molecule has 4 rings (SSSR count). The Bertz CT molecular complexity index is 1020. The summed E-state index contributed by atoms with van der Waals surface area (Å²) in [7, 11) is 0. The van der Waals surface area contributed by atoms with E-state index in [0.29, 0.717) is 17.7 Å². The zero-order chi connectivity index (χ0) is 23.4. The van der Waals surface area contributed by atoms with Gasteiger partial charge in [0.25, 0.3) is 11.8 Å². The standard InChI is InChI=1S/C24H28N4O5/c1-24(22(31)26-23(32)27-24)20(29)18-6-2-16(3-7-18)17-4-8-19(9-5-17)21(30)25-10-11-28-12-14-33-15-13-28/h2-9,20,29H,10-15H2,1H3,(H,25,30)(H2,26,27,31,32). The molecule has 2 aliphatic rings. The van der Waals surface area contributed by atoms with E-state index < -0.39 is 23.6 Å². The van der Waals surface area contributed by atoms with E-state index in [1.54, 1.807) is 24.3 Å². The van der Waals surface area contributed by atoms with Crippen LogP contribution in [0.2, 0.25) is 0 Å². The third-order valence-electron chi connectivity index (χ3n) is 6.14. The van der Waals surface area contributed by atoms with Crippen LogP contribution in [0.4, 0.5) is 4.79 Å². The minimum atomic E-state index is -1.42. The second kappa shape index (κ2) is 9.70. The van der Waals surface area contributed by atoms with Crippen LogP contribution in [0.15, 0.2) is 48.5 Å². The first-order valence-corrected chi connectivity index (χ1v) is 11.0. The summed E-state index contributed by atoms with van der Waals surface area (Å²) in [6.07, 6.45) is -1.19. The molecular weight excluding hydrogens is 424 g/mol. The van der Waals surface area contributed by atoms with Crippen molar-refractivity contribution in [2.45, 2.75) is 18.6 Å². The average Bonchev–Trinajstić information content (AvgIpc) is 3.11. The third kappa shape index (κ3) is 5.05. The van der Waals surface area contributed by atoms with Crippen LogP contribution in [0.25, 0.3) is 11.1 Å². The van der Waals surface area contributed by atoms with Crippen LogP contribution in [0.5, 0.6) is 0 Å². The van der Waals surface area contributed by atoms with Crippen LogP contribution in [-0.4, -0.2) is 72.8 Å². The highest BCUT2D eigenvalue weighted by Crippen LogP contribution is 2.30. The van der Waals surface area contributed by atoms with Crippen molar-refractivity contribution in [2.24, 2.45) is 0 Å². The van der Waals surface area contributed by atoms with Gasteiger partial charge in [-0.25, -0.2) is 4.79 Å². The van der Waals surface area contributed by atoms with Gasteiger partial charge >= 0.3 is 6.03 Å². The lowest BCUT2D eigenvalue weighted by Gasteiger charge is -2.27. The van der Waals surface area contributed by atoms with Gasteiger partial charge in [0, 0.05) is 31.7 Å². The molecule has 0 bridgehead atoms. The smallest absolute Gasteiger partial charge is 0.322 e. The van der Waals surface area contributed by atoms with Crippen LogP contribution in [0.1, 0.15) is 28.9 Å². The van der Waals surface area contributed by atoms with Crippen molar-refractivity contribution in [3.8, 4) is 11.1 Å². The molecule has 2 heterocycles. The Morgan fingerprint density at radius 2 is 1.70 bits per heavy atom. The maximum Gasteiger partial charge on any atom is 0.322 e. The van der Waals surface area contributed by atoms with E-state index in [9.17, 15) is 19.5 Å². The van der Waals surface area contributed by atoms with Gasteiger partial charge < -0.3 is 20.5 Å². The van der Waals surface area contributed by atoms with Crippen LogP contribution in [0, 0.1) is 0 Å². The predicted molar refractivity (Wildman–Crippen MR) is 122 cm³/mol. The van der Waals surface area contributed by atoms with Gasteiger partial charge in [-0.15, -0.1) is 0 Å². The maximum atomic E-state index is 12.4. The summed E-state index contributed by atoms with van der Waals surface area (Å²) >= 11 is 0. The predicted octanol–water partition coefficient (Wildman–Crippen LogP) is 1.05. The largest absolute Gasteiger partial charge is 0.385 e. The maximum absolute atomic E-state index is 12.4. The lowest BCUT2D eigenvalue weighted by atomic mass is 9.88. The molecule has 2 atom stereocenters. The van der Waals surface area contributed by atoms with E-state index in [0.717, 1.165) is 44.0 Å². The molecule has 9 heteroatoms. The van der Waals surface area contributed by atoms with E-state index in [1.807, 2.05) is 24.3 Å². The Hall–Kier alpha value is -3.27. The minimum absolute atomic E-state index is 0.113. The Kier molecular flexibility index (Phi) is 6.73. The lowest BCUT2D eigenvalue weighted by Crippen LogP contribution is -2.49. The SMILES string of the molecule is CC1(C(O)c2ccc(-c3ccc(C(=O)NCCN4CCOCC4)cc3)cc2)NC(=O)NC1=O. The summed E-state index contributed by atoms with van der Waals surface area (Å²) in [4.78, 5) is 38.2. The molecule has 0 spiro atoms. The highest BCUT2D eigenvalue weighted by atomic mass is 16.5. The molecule has 33 heavy (non-hydrogen) atoms. The molecule has 2 aromatic rings. The monoisotopic (exact) mass is 452 g/mol. The molecule has 4 N–H and O–H groups in total. The molecule has 4 amide bonds. The Morgan fingerprint density at radius 1 is 1.09 bits per heavy atom. The highest BCUT2D eigenvalue weighted by Gasteiger charge is 2.48. The zero-order valence-corrected chi connectivity index (χ0v) is 18.5. The summed E-state index contributed by atoms with van der Waals surface area (Å²) in [6, 6.07) is 13.8. The van der Waals surface area contributed by atoms with Crippen molar-refractivity contribution in [3.05, 3.63) is 59.7 Å². The van der Waals surface area contributed by atoms with Crippen molar-refractivity contribution in [2.75, 3.05) is 39.4 Å². The van der Waals surface area contributed by atoms with Crippen molar-refractivity contribution in [3.63, 3.8) is 0 Å². The van der Waals surface area contributed by atoms with E-state index in [4.69, 9.17) is 4.74 Å². The topological polar surface area (TPSA) is 120 Å². The van der Waals surface area contributed by atoms with E-state index in [2.05, 4.69) is 20.9 Å². The zero-order valence-electron chi connectivity index (χ0n) is 18.5. The fraction of sp³-hybridized carbons (Fsp3) is 0.375. The normalized spacial score (nSPS) is 21.9. The van der Waals surface area contributed by atoms with Crippen LogP contribution < -0.4 is 16.0 Å². The molecule has 0 aromatic heterocycles. The first kappa shape index (κ1) is 22.9. The van der Waals surface area contributed by atoms with Crippen LogP contribution in [0.3, 0.4) is 0 Å². The first-order valence-electron chi connectivity index (χ1n) is 11.0. The second-order valence-electron chi connectivity index (χ2n) is 8.42. The number of nitrogens with one attached hydrogen (secondary N) is 3. The number of imide groups is 1. The molecule has 0 radical (unpaired) electrons. The molecule has 0 saturated carbocycles. The second-order valence-corrected chi connectivity index (χ2v) is 8.42. The van der Waals surface area contributed by atoms with Gasteiger partial charge in [-0.2, -0.15) is 0 Å². The molecule has 2 saturated heterocycles. The summed E-state index contributed by atoms with van der Waals surface area (Å²) in [6.45, 7) is 6.12. The van der Waals surface area contributed by atoms with Gasteiger partial charge in [-0.1, -0.05) is 36.4 Å². The Morgan fingerprint density at radius 3 is 2.27 bits per heavy atom. The molecule has 2 aromatic carbocycles. The van der Waals surface area contributed by atoms with Crippen LogP contribution >= 0.6 is 0 Å². The molecule has 2 aliphatic heterocycles. The Labute approximate surface area is 192 Å². The number of hydrogen-bond donors (Lipinski definition) is 4. The average molecular weight is 453 g/mol. The van der Waals surface area contributed by atoms with Gasteiger partial charge in [0.15, 0.2) is 0 Å². The van der Waals surface area contributed by atoms with Gasteiger partial charge in [-0.05, 0) is 35.7 Å². The summed E-state index contributed by atoms with van der Waals surface area (Å²) in [5.74, 6) is -0.679. The number of ether oxygens (including phenoxy) is 1. The van der Waals surface area contributed by atoms with E-state index in [1.165, 1.54) is 6.92 Å². The highest BCUT2D eigenvalue weighted by molar-refractivity contribution is 6.07. The fourth-order valence-corrected chi connectivity index (χ4v) is 4.01. The van der Waals surface area contributed by atoms with Crippen molar-refractivity contribution < 1.29 is 24.2 Å². The van der Waals surface area contributed by atoms with Gasteiger partial charge in [0.2, 0.25) is 0 Å². The van der Waals surface area contributed by atoms with E-state index >= 15 is 0 Å². The van der Waals surface area contributed by atoms with Gasteiger partial charge in [0.1, 0.15) is 11.6 Å². The summed E-state index contributed by atoms with van der Waals surface area (Å²) in [5, 5.41) is 18.2. The third-order valence-corrected chi connectivity index (χ3v) is 6.14. The number of hydrogen-bond acceptors (Lipinski definition) is 6. The molecule has 9 nitrogen and oxygen atoms in total. The van der Waals surface area contributed by atoms with Gasteiger partial charge in [-0.3, -0.25) is 19.8 Å². The molecule has 174 valence electrons. The summed E-state index contributed by atoms with van der Waals surface area (Å²) in [5.41, 5.74) is 1.49. The quantitative estimate of drug-likeness (QED) is 0.466. The van der Waals surface area contributed by atoms with Crippen molar-refractivity contribution in [1.82, 2.24) is 20.9 Å². The van der Waals surface area contributed by atoms with Crippen molar-refractivity contribution in [1.29, 1.82) is 0 Å². The minimum Gasteiger partial charge on any atom is -0.385 e. The summed E-state index contributed by atoms with van der Waals surface area (Å²) < 4.78 is 5.33. The number of aliphatic hydroxyl groups excluding tert-OH is 1. The number of rotatable bonds is 7. The molecule has 2 fully saturated rings. The number of urea groups is 1. The first-order chi connectivity index (χ1) is 15.9. The number of benzene rings is 2. The number of carbonyl (C=O) groups excluding carboxylic acids is 3. The number of amides is 4. The fourth-order valence-electron chi connectivity index (χ4n) is 4.01. The number of morpholine rings is 1. The van der Waals surface area contributed by atoms with Crippen LogP contribution in [-0.2, 0) is 9.53 Å². The molecular formula is C24H28N4O5. The van der Waals surface area contributed by atoms with E-state index in [-0.39, 0.29) is 5.91 Å². The number of carbonyl (C=O) groups is 3. The number of nitrogens with zero attached hydrogens (tertiary/aromatic N) is 1. The lowest BCUT2D eigenvalue weighted by molar-refractivity contribution is -0.127. The van der Waals surface area contributed by atoms with Gasteiger partial charge in [0.05, 0.1) is 13.2 Å². The number of aliphatic hydroxyl groups is 1. The molecule has 0 aliphatic carbocycles.